The minimum Gasteiger partial charge on any atom is -0.307 e. The van der Waals surface area contributed by atoms with Gasteiger partial charge in [-0.25, -0.2) is 0 Å². The fourth-order valence-corrected chi connectivity index (χ4v) is 11.1. The van der Waals surface area contributed by atoms with Gasteiger partial charge in [-0.3, -0.25) is 0 Å². The SMILES string of the molecule is CCc1ccc2c(c1)c1c(n2-c2cc3c(cc2-n2c4ccccc4c4ccc(CI)cc42)-c2ccccc2C32c3ccccc3-c3ccccc32)C=CCC1. The lowest BCUT2D eigenvalue weighted by molar-refractivity contribution is 0.791. The van der Waals surface area contributed by atoms with Gasteiger partial charge in [-0.05, 0) is 123 Å². The van der Waals surface area contributed by atoms with E-state index >= 15 is 0 Å². The monoisotopic (exact) mass is 816 g/mol. The molecule has 55 heavy (non-hydrogen) atoms. The van der Waals surface area contributed by atoms with E-state index in [2.05, 4.69) is 196 Å². The Morgan fingerprint density at radius 3 is 1.87 bits per heavy atom. The summed E-state index contributed by atoms with van der Waals surface area (Å²) in [6, 6.07) is 55.9. The molecule has 9 aromatic rings. The molecule has 7 aromatic carbocycles. The molecule has 0 radical (unpaired) electrons. The van der Waals surface area contributed by atoms with Crippen molar-refractivity contribution >= 4 is 61.4 Å². The second kappa shape index (κ2) is 11.7. The molecule has 0 saturated heterocycles. The van der Waals surface area contributed by atoms with E-state index in [1.54, 1.807) is 0 Å². The van der Waals surface area contributed by atoms with Crippen LogP contribution in [0.3, 0.4) is 0 Å². The Balaban J connectivity index is 1.29. The van der Waals surface area contributed by atoms with Gasteiger partial charge >= 0.3 is 0 Å². The zero-order valence-electron chi connectivity index (χ0n) is 30.6. The van der Waals surface area contributed by atoms with Crippen LogP contribution in [0.15, 0.2) is 152 Å². The van der Waals surface area contributed by atoms with Gasteiger partial charge in [0.1, 0.15) is 0 Å². The molecule has 0 atom stereocenters. The largest absolute Gasteiger partial charge is 0.307 e. The molecule has 3 heteroatoms. The molecule has 0 saturated carbocycles. The first-order chi connectivity index (χ1) is 27.2. The van der Waals surface area contributed by atoms with E-state index < -0.39 is 5.41 Å². The summed E-state index contributed by atoms with van der Waals surface area (Å²) >= 11 is 2.51. The number of fused-ring (bicyclic) bond motifs is 16. The number of benzene rings is 7. The predicted molar refractivity (Wildman–Crippen MR) is 238 cm³/mol. The van der Waals surface area contributed by atoms with Gasteiger partial charge in [0, 0.05) is 26.3 Å². The third kappa shape index (κ3) is 4.09. The zero-order valence-corrected chi connectivity index (χ0v) is 32.8. The number of hydrogen-bond acceptors (Lipinski definition) is 0. The first-order valence-electron chi connectivity index (χ1n) is 19.6. The molecule has 0 bridgehead atoms. The molecule has 0 fully saturated rings. The van der Waals surface area contributed by atoms with Crippen molar-refractivity contribution in [3.05, 3.63) is 196 Å². The molecular weight excluding hydrogens is 779 g/mol. The molecule has 262 valence electrons. The van der Waals surface area contributed by atoms with E-state index in [4.69, 9.17) is 0 Å². The highest BCUT2D eigenvalue weighted by atomic mass is 127. The number of para-hydroxylation sites is 1. The van der Waals surface area contributed by atoms with Crippen LogP contribution in [0.5, 0.6) is 0 Å². The van der Waals surface area contributed by atoms with Crippen molar-refractivity contribution in [3.8, 4) is 33.6 Å². The van der Waals surface area contributed by atoms with Crippen molar-refractivity contribution in [2.75, 3.05) is 0 Å². The highest BCUT2D eigenvalue weighted by Crippen LogP contribution is 2.63. The molecule has 1 spiro atoms. The van der Waals surface area contributed by atoms with E-state index in [-0.39, 0.29) is 0 Å². The van der Waals surface area contributed by atoms with Gasteiger partial charge in [-0.15, -0.1) is 0 Å². The van der Waals surface area contributed by atoms with Crippen LogP contribution in [0.25, 0.3) is 72.4 Å². The summed E-state index contributed by atoms with van der Waals surface area (Å²) in [5, 5.41) is 3.96. The molecule has 3 aliphatic carbocycles. The minimum atomic E-state index is -0.435. The van der Waals surface area contributed by atoms with Crippen molar-refractivity contribution in [2.45, 2.75) is 36.0 Å². The average Bonchev–Trinajstić information content (AvgIpc) is 3.94. The Labute approximate surface area is 334 Å². The number of halogens is 1. The zero-order chi connectivity index (χ0) is 36.4. The Hall–Kier alpha value is -5.65. The molecule has 0 amide bonds. The highest BCUT2D eigenvalue weighted by molar-refractivity contribution is 14.1. The second-order valence-corrected chi connectivity index (χ2v) is 16.2. The Morgan fingerprint density at radius 1 is 0.527 bits per heavy atom. The maximum atomic E-state index is 2.61. The van der Waals surface area contributed by atoms with Gasteiger partial charge in [0.2, 0.25) is 0 Å². The molecule has 0 aliphatic heterocycles. The fraction of sp³-hybridized carbons (Fsp3) is 0.115. The van der Waals surface area contributed by atoms with E-state index in [0.717, 1.165) is 23.7 Å². The third-order valence-corrected chi connectivity index (χ3v) is 13.8. The van der Waals surface area contributed by atoms with Crippen LogP contribution in [0.2, 0.25) is 0 Å². The second-order valence-electron chi connectivity index (χ2n) is 15.5. The topological polar surface area (TPSA) is 9.86 Å². The van der Waals surface area contributed by atoms with Crippen molar-refractivity contribution in [1.82, 2.24) is 9.13 Å². The van der Waals surface area contributed by atoms with E-state index in [9.17, 15) is 0 Å². The van der Waals surface area contributed by atoms with Crippen molar-refractivity contribution in [3.63, 3.8) is 0 Å². The number of allylic oxidation sites excluding steroid dienone is 1. The van der Waals surface area contributed by atoms with Crippen molar-refractivity contribution in [2.24, 2.45) is 0 Å². The van der Waals surface area contributed by atoms with Gasteiger partial charge in [-0.1, -0.05) is 145 Å². The molecule has 12 rings (SSSR count). The smallest absolute Gasteiger partial charge is 0.0726 e. The summed E-state index contributed by atoms with van der Waals surface area (Å²) in [6.45, 7) is 2.27. The number of aromatic nitrogens is 2. The first kappa shape index (κ1) is 31.7. The number of alkyl halides is 1. The minimum absolute atomic E-state index is 0.435. The van der Waals surface area contributed by atoms with Gasteiger partial charge in [0.05, 0.1) is 33.3 Å². The fourth-order valence-electron chi connectivity index (χ4n) is 10.6. The average molecular weight is 817 g/mol. The summed E-state index contributed by atoms with van der Waals surface area (Å²) < 4.78 is 6.15. The van der Waals surface area contributed by atoms with E-state index in [0.29, 0.717) is 0 Å². The highest BCUT2D eigenvalue weighted by Gasteiger charge is 2.52. The van der Waals surface area contributed by atoms with E-state index in [1.165, 1.54) is 111 Å². The molecule has 2 heterocycles. The first-order valence-corrected chi connectivity index (χ1v) is 21.1. The van der Waals surface area contributed by atoms with Crippen LogP contribution in [-0.4, -0.2) is 9.13 Å². The summed E-state index contributed by atoms with van der Waals surface area (Å²) in [6.07, 6.45) is 7.91. The molecule has 0 N–H and O–H groups in total. The van der Waals surface area contributed by atoms with Crippen LogP contribution in [0.1, 0.15) is 58.0 Å². The Morgan fingerprint density at radius 2 is 1.15 bits per heavy atom. The van der Waals surface area contributed by atoms with Crippen LogP contribution in [0.4, 0.5) is 0 Å². The van der Waals surface area contributed by atoms with Gasteiger partial charge in [0.15, 0.2) is 0 Å². The summed E-state index contributed by atoms with van der Waals surface area (Å²) in [5.41, 5.74) is 22.0. The number of hydrogen-bond donors (Lipinski definition) is 0. The van der Waals surface area contributed by atoms with Crippen LogP contribution in [0, 0.1) is 0 Å². The van der Waals surface area contributed by atoms with Crippen LogP contribution < -0.4 is 0 Å². The maximum absolute atomic E-state index is 2.61. The van der Waals surface area contributed by atoms with Crippen LogP contribution in [-0.2, 0) is 22.7 Å². The summed E-state index contributed by atoms with van der Waals surface area (Å²) in [5.74, 6) is 0. The predicted octanol–water partition coefficient (Wildman–Crippen LogP) is 13.5. The Bertz CT molecular complexity index is 3090. The lowest BCUT2D eigenvalue weighted by Gasteiger charge is -2.31. The molecule has 2 aromatic heterocycles. The molecular formula is C52H37IN2. The standard InChI is InChI=1S/C52H37IN2/c1-2-32-24-26-48-41(27-32)38-17-7-12-22-47(38)54(48)51-30-45-40(29-50(51)55-46-21-11-6-16-37(46)39-25-23-33(31-53)28-49(39)55)36-15-5-10-20-44(36)52(45)42-18-8-3-13-34(42)35-14-4-9-19-43(35)52/h3-6,8-16,18-30H,2,7,17,31H2,1H3. The molecule has 0 unspecified atom stereocenters. The summed E-state index contributed by atoms with van der Waals surface area (Å²) in [7, 11) is 0. The molecule has 3 aliphatic rings. The van der Waals surface area contributed by atoms with Gasteiger partial charge in [-0.2, -0.15) is 0 Å². The van der Waals surface area contributed by atoms with E-state index in [1.807, 2.05) is 0 Å². The normalized spacial score (nSPS) is 14.4. The van der Waals surface area contributed by atoms with Gasteiger partial charge in [0.25, 0.3) is 0 Å². The Kier molecular flexibility index (Phi) is 6.73. The number of aryl methyl sites for hydroxylation is 2. The number of nitrogens with zero attached hydrogens (tertiary/aromatic N) is 2. The van der Waals surface area contributed by atoms with Crippen molar-refractivity contribution < 1.29 is 0 Å². The summed E-state index contributed by atoms with van der Waals surface area (Å²) in [4.78, 5) is 0. The van der Waals surface area contributed by atoms with Crippen molar-refractivity contribution in [1.29, 1.82) is 0 Å². The lowest BCUT2D eigenvalue weighted by Crippen LogP contribution is -2.26. The molecule has 2 nitrogen and oxygen atoms in total. The number of rotatable bonds is 4. The quantitative estimate of drug-likeness (QED) is 0.124. The van der Waals surface area contributed by atoms with Crippen LogP contribution >= 0.6 is 22.6 Å². The maximum Gasteiger partial charge on any atom is 0.0726 e. The van der Waals surface area contributed by atoms with Gasteiger partial charge < -0.3 is 9.13 Å². The third-order valence-electron chi connectivity index (χ3n) is 12.9. The lowest BCUT2D eigenvalue weighted by atomic mass is 9.70.